The number of fused-ring (bicyclic) bond motifs is 3. The molecule has 0 amide bonds. The zero-order chi connectivity index (χ0) is 20.3. The quantitative estimate of drug-likeness (QED) is 0.803. The summed E-state index contributed by atoms with van der Waals surface area (Å²) in [7, 11) is 1.57. The molecule has 0 unspecified atom stereocenters. The Hall–Kier alpha value is -2.88. The van der Waals surface area contributed by atoms with Crippen LogP contribution in [-0.4, -0.2) is 50.9 Å². The molecule has 0 bridgehead atoms. The Kier molecular flexibility index (Phi) is 3.92. The smallest absolute Gasteiger partial charge is 0.231 e. The van der Waals surface area contributed by atoms with Crippen molar-refractivity contribution in [2.75, 3.05) is 33.9 Å². The van der Waals surface area contributed by atoms with Crippen molar-refractivity contribution in [3.63, 3.8) is 0 Å². The van der Waals surface area contributed by atoms with Crippen LogP contribution >= 0.6 is 0 Å². The lowest BCUT2D eigenvalue weighted by atomic mass is 9.85. The summed E-state index contributed by atoms with van der Waals surface area (Å²) in [5.41, 5.74) is -0.544. The molecule has 0 aromatic heterocycles. The van der Waals surface area contributed by atoms with Gasteiger partial charge in [-0.25, -0.2) is 0 Å². The van der Waals surface area contributed by atoms with Crippen LogP contribution in [0.15, 0.2) is 30.3 Å². The normalized spacial score (nSPS) is 30.4. The molecule has 0 saturated carbocycles. The van der Waals surface area contributed by atoms with Crippen molar-refractivity contribution in [3.8, 4) is 34.5 Å². The predicted octanol–water partition coefficient (Wildman–Crippen LogP) is 2.01. The standard InChI is InChI=1S/C21H20O9/c1-23-18-12(3-5-15-19(18)29-10-27-15)17-13-7-24-20(21(13,22)8-25-17)30-11-2-4-14-16(6-11)28-9-26-14/h2-6,13,17,20,22H,7-10H2,1H3/t13-,17-,20-,21-/m1/s1. The fraction of sp³-hybridized carbons (Fsp3) is 0.429. The molecule has 30 heavy (non-hydrogen) atoms. The first kappa shape index (κ1) is 17.9. The minimum atomic E-state index is -1.32. The minimum absolute atomic E-state index is 0.0646. The zero-order valence-electron chi connectivity index (χ0n) is 16.2. The van der Waals surface area contributed by atoms with Crippen LogP contribution in [-0.2, 0) is 9.47 Å². The molecule has 6 rings (SSSR count). The van der Waals surface area contributed by atoms with Gasteiger partial charge in [0.2, 0.25) is 25.6 Å². The van der Waals surface area contributed by atoms with Gasteiger partial charge in [-0.2, -0.15) is 0 Å². The van der Waals surface area contributed by atoms with Crippen molar-refractivity contribution in [1.29, 1.82) is 0 Å². The van der Waals surface area contributed by atoms with E-state index in [2.05, 4.69) is 0 Å². The number of ether oxygens (including phenoxy) is 8. The van der Waals surface area contributed by atoms with Gasteiger partial charge >= 0.3 is 0 Å². The number of rotatable bonds is 4. The molecule has 1 N–H and O–H groups in total. The van der Waals surface area contributed by atoms with E-state index in [-0.39, 0.29) is 32.7 Å². The second-order valence-electron chi connectivity index (χ2n) is 7.55. The van der Waals surface area contributed by atoms with Crippen molar-refractivity contribution in [2.24, 2.45) is 5.92 Å². The van der Waals surface area contributed by atoms with Crippen molar-refractivity contribution < 1.29 is 43.0 Å². The molecule has 4 heterocycles. The Morgan fingerprint density at radius 3 is 2.67 bits per heavy atom. The molecule has 4 atom stereocenters. The lowest BCUT2D eigenvalue weighted by molar-refractivity contribution is -0.152. The highest BCUT2D eigenvalue weighted by atomic mass is 16.7. The first-order chi connectivity index (χ1) is 14.7. The van der Waals surface area contributed by atoms with E-state index in [1.54, 1.807) is 25.3 Å². The topological polar surface area (TPSA) is 94.1 Å². The van der Waals surface area contributed by atoms with Gasteiger partial charge < -0.3 is 43.0 Å². The zero-order valence-corrected chi connectivity index (χ0v) is 16.2. The summed E-state index contributed by atoms with van der Waals surface area (Å²) < 4.78 is 45.1. The molecule has 158 valence electrons. The van der Waals surface area contributed by atoms with Gasteiger partial charge in [0.25, 0.3) is 0 Å². The highest BCUT2D eigenvalue weighted by Gasteiger charge is 2.61. The molecule has 0 spiro atoms. The van der Waals surface area contributed by atoms with E-state index in [0.717, 1.165) is 5.56 Å². The van der Waals surface area contributed by atoms with Gasteiger partial charge in [0.05, 0.1) is 32.3 Å². The van der Waals surface area contributed by atoms with Gasteiger partial charge in [0, 0.05) is 11.6 Å². The molecular formula is C21H20O9. The number of hydrogen-bond acceptors (Lipinski definition) is 9. The third-order valence-electron chi connectivity index (χ3n) is 5.96. The third kappa shape index (κ3) is 2.52. The van der Waals surface area contributed by atoms with Crippen LogP contribution in [0, 0.1) is 5.92 Å². The summed E-state index contributed by atoms with van der Waals surface area (Å²) in [6.45, 7) is 0.656. The van der Waals surface area contributed by atoms with Crippen LogP contribution < -0.4 is 28.4 Å². The van der Waals surface area contributed by atoms with Crippen molar-refractivity contribution in [3.05, 3.63) is 35.9 Å². The van der Waals surface area contributed by atoms with E-state index in [0.29, 0.717) is 34.5 Å². The summed E-state index contributed by atoms with van der Waals surface area (Å²) in [6, 6.07) is 8.92. The molecule has 9 nitrogen and oxygen atoms in total. The Labute approximate surface area is 171 Å². The van der Waals surface area contributed by atoms with Gasteiger partial charge in [-0.15, -0.1) is 0 Å². The van der Waals surface area contributed by atoms with E-state index in [1.165, 1.54) is 0 Å². The molecule has 9 heteroatoms. The van der Waals surface area contributed by atoms with Crippen LogP contribution in [0.5, 0.6) is 34.5 Å². The molecule has 4 aliphatic heterocycles. The maximum Gasteiger partial charge on any atom is 0.231 e. The lowest BCUT2D eigenvalue weighted by Gasteiger charge is -2.27. The first-order valence-corrected chi connectivity index (χ1v) is 9.66. The van der Waals surface area contributed by atoms with Crippen LogP contribution in [0.2, 0.25) is 0 Å². The third-order valence-corrected chi connectivity index (χ3v) is 5.96. The predicted molar refractivity (Wildman–Crippen MR) is 99.2 cm³/mol. The summed E-state index contributed by atoms with van der Waals surface area (Å²) in [5.74, 6) is 3.13. The summed E-state index contributed by atoms with van der Waals surface area (Å²) in [6.07, 6.45) is -1.32. The van der Waals surface area contributed by atoms with Crippen LogP contribution in [0.4, 0.5) is 0 Å². The second-order valence-corrected chi connectivity index (χ2v) is 7.55. The highest BCUT2D eigenvalue weighted by molar-refractivity contribution is 5.58. The van der Waals surface area contributed by atoms with E-state index in [1.807, 2.05) is 12.1 Å². The van der Waals surface area contributed by atoms with Gasteiger partial charge in [-0.3, -0.25) is 0 Å². The van der Waals surface area contributed by atoms with Gasteiger partial charge in [0.15, 0.2) is 28.6 Å². The molecule has 0 aliphatic carbocycles. The lowest BCUT2D eigenvalue weighted by Crippen LogP contribution is -2.46. The van der Waals surface area contributed by atoms with Crippen LogP contribution in [0.1, 0.15) is 11.7 Å². The Morgan fingerprint density at radius 2 is 1.77 bits per heavy atom. The molecule has 0 radical (unpaired) electrons. The molecule has 4 aliphatic rings. The number of methoxy groups -OCH3 is 1. The average Bonchev–Trinajstić information content (AvgIpc) is 3.52. The SMILES string of the molecule is COc1c([C@H]2OC[C@]3(O)[C@@H](Oc4ccc5c(c4)OCO5)OC[C@H]23)ccc2c1OCO2. The minimum Gasteiger partial charge on any atom is -0.492 e. The monoisotopic (exact) mass is 416 g/mol. The second kappa shape index (κ2) is 6.56. The first-order valence-electron chi connectivity index (χ1n) is 9.66. The molecular weight excluding hydrogens is 396 g/mol. The fourth-order valence-electron chi connectivity index (χ4n) is 4.43. The Bertz CT molecular complexity index is 993. The number of aliphatic hydroxyl groups is 1. The van der Waals surface area contributed by atoms with Crippen LogP contribution in [0.3, 0.4) is 0 Å². The maximum absolute atomic E-state index is 11.4. The number of benzene rings is 2. The van der Waals surface area contributed by atoms with E-state index in [4.69, 9.17) is 37.9 Å². The molecule has 2 aromatic carbocycles. The van der Waals surface area contributed by atoms with Gasteiger partial charge in [0.1, 0.15) is 5.75 Å². The summed E-state index contributed by atoms with van der Waals surface area (Å²) in [5, 5.41) is 11.4. The van der Waals surface area contributed by atoms with E-state index >= 15 is 0 Å². The summed E-state index contributed by atoms with van der Waals surface area (Å²) >= 11 is 0. The molecule has 2 fully saturated rings. The van der Waals surface area contributed by atoms with Gasteiger partial charge in [-0.1, -0.05) is 0 Å². The van der Waals surface area contributed by atoms with Crippen molar-refractivity contribution >= 4 is 0 Å². The van der Waals surface area contributed by atoms with E-state index in [9.17, 15) is 5.11 Å². The largest absolute Gasteiger partial charge is 0.492 e. The Balaban J connectivity index is 1.27. The highest BCUT2D eigenvalue weighted by Crippen LogP contribution is 2.53. The number of hydrogen-bond donors (Lipinski definition) is 1. The Morgan fingerprint density at radius 1 is 0.967 bits per heavy atom. The maximum atomic E-state index is 11.4. The van der Waals surface area contributed by atoms with Crippen molar-refractivity contribution in [1.82, 2.24) is 0 Å². The molecule has 2 aromatic rings. The van der Waals surface area contributed by atoms with Gasteiger partial charge in [-0.05, 0) is 24.3 Å². The fourth-order valence-corrected chi connectivity index (χ4v) is 4.43. The molecule has 2 saturated heterocycles. The summed E-state index contributed by atoms with van der Waals surface area (Å²) in [4.78, 5) is 0. The van der Waals surface area contributed by atoms with Crippen molar-refractivity contribution in [2.45, 2.75) is 18.0 Å². The van der Waals surface area contributed by atoms with E-state index < -0.39 is 18.0 Å². The average molecular weight is 416 g/mol. The van der Waals surface area contributed by atoms with Crippen LogP contribution in [0.25, 0.3) is 0 Å².